The van der Waals surface area contributed by atoms with E-state index in [-0.39, 0.29) is 6.04 Å². The normalized spacial score (nSPS) is 13.1. The predicted molar refractivity (Wildman–Crippen MR) is 63.0 cm³/mol. The SMILES string of the molecule is CN(C)CCC(N)Cc1cccc(O)c1. The van der Waals surface area contributed by atoms with Crippen LogP contribution in [0.5, 0.6) is 5.75 Å². The first-order chi connectivity index (χ1) is 7.08. The predicted octanol–water partition coefficient (Wildman–Crippen LogP) is 1.21. The Morgan fingerprint density at radius 1 is 1.40 bits per heavy atom. The van der Waals surface area contributed by atoms with Crippen LogP contribution in [0, 0.1) is 0 Å². The second kappa shape index (κ2) is 5.73. The van der Waals surface area contributed by atoms with Gasteiger partial charge < -0.3 is 15.7 Å². The van der Waals surface area contributed by atoms with Crippen LogP contribution in [0.4, 0.5) is 0 Å². The monoisotopic (exact) mass is 208 g/mol. The Morgan fingerprint density at radius 3 is 2.73 bits per heavy atom. The molecule has 1 aromatic rings. The fourth-order valence-electron chi connectivity index (χ4n) is 1.51. The summed E-state index contributed by atoms with van der Waals surface area (Å²) in [5.74, 6) is 0.312. The van der Waals surface area contributed by atoms with Crippen LogP contribution >= 0.6 is 0 Å². The second-order valence-electron chi connectivity index (χ2n) is 4.23. The Labute approximate surface area is 91.5 Å². The molecule has 3 nitrogen and oxygen atoms in total. The third-order valence-corrected chi connectivity index (χ3v) is 2.36. The van der Waals surface area contributed by atoms with Crippen molar-refractivity contribution in [2.75, 3.05) is 20.6 Å². The molecule has 84 valence electrons. The number of rotatable bonds is 5. The highest BCUT2D eigenvalue weighted by molar-refractivity contribution is 5.27. The Bertz CT molecular complexity index is 299. The highest BCUT2D eigenvalue weighted by Gasteiger charge is 2.05. The van der Waals surface area contributed by atoms with Crippen molar-refractivity contribution in [1.82, 2.24) is 4.90 Å². The van der Waals surface area contributed by atoms with Gasteiger partial charge in [0.05, 0.1) is 0 Å². The lowest BCUT2D eigenvalue weighted by Gasteiger charge is -2.15. The van der Waals surface area contributed by atoms with Gasteiger partial charge in [-0.05, 0) is 51.2 Å². The molecule has 0 saturated carbocycles. The maximum absolute atomic E-state index is 9.30. The second-order valence-corrected chi connectivity index (χ2v) is 4.23. The minimum absolute atomic E-state index is 0.161. The largest absolute Gasteiger partial charge is 0.508 e. The lowest BCUT2D eigenvalue weighted by molar-refractivity contribution is 0.379. The van der Waals surface area contributed by atoms with Crippen LogP contribution < -0.4 is 5.73 Å². The van der Waals surface area contributed by atoms with E-state index < -0.39 is 0 Å². The molecule has 0 aromatic heterocycles. The summed E-state index contributed by atoms with van der Waals surface area (Å²) in [5.41, 5.74) is 7.09. The molecule has 0 fully saturated rings. The lowest BCUT2D eigenvalue weighted by Crippen LogP contribution is -2.28. The molecular formula is C12H20N2O. The van der Waals surface area contributed by atoms with Gasteiger partial charge in [-0.15, -0.1) is 0 Å². The highest BCUT2D eigenvalue weighted by Crippen LogP contribution is 2.12. The van der Waals surface area contributed by atoms with Gasteiger partial charge in [-0.3, -0.25) is 0 Å². The van der Waals surface area contributed by atoms with Gasteiger partial charge in [0.1, 0.15) is 5.75 Å². The summed E-state index contributed by atoms with van der Waals surface area (Å²) >= 11 is 0. The number of hydrogen-bond donors (Lipinski definition) is 2. The molecule has 0 spiro atoms. The summed E-state index contributed by atoms with van der Waals surface area (Å²) in [4.78, 5) is 2.13. The molecule has 0 aliphatic rings. The average Bonchev–Trinajstić information content (AvgIpc) is 2.15. The molecule has 0 amide bonds. The molecule has 0 radical (unpaired) electrons. The summed E-state index contributed by atoms with van der Waals surface area (Å²) in [6.07, 6.45) is 1.80. The summed E-state index contributed by atoms with van der Waals surface area (Å²) in [6, 6.07) is 7.46. The summed E-state index contributed by atoms with van der Waals surface area (Å²) in [6.45, 7) is 1.000. The third kappa shape index (κ3) is 4.81. The number of nitrogens with two attached hydrogens (primary N) is 1. The van der Waals surface area contributed by atoms with Crippen molar-refractivity contribution in [2.24, 2.45) is 5.73 Å². The minimum atomic E-state index is 0.161. The lowest BCUT2D eigenvalue weighted by atomic mass is 10.0. The van der Waals surface area contributed by atoms with E-state index in [1.165, 1.54) is 0 Å². The van der Waals surface area contributed by atoms with Crippen molar-refractivity contribution in [3.05, 3.63) is 29.8 Å². The summed E-state index contributed by atoms with van der Waals surface area (Å²) in [5, 5.41) is 9.30. The molecule has 0 aliphatic carbocycles. The van der Waals surface area contributed by atoms with Crippen LogP contribution in [0.3, 0.4) is 0 Å². The first-order valence-electron chi connectivity index (χ1n) is 5.26. The van der Waals surface area contributed by atoms with E-state index in [1.807, 2.05) is 26.2 Å². The maximum atomic E-state index is 9.30. The molecule has 1 aromatic carbocycles. The zero-order valence-electron chi connectivity index (χ0n) is 9.48. The van der Waals surface area contributed by atoms with Crippen molar-refractivity contribution in [3.63, 3.8) is 0 Å². The number of phenolic OH excluding ortho intramolecular Hbond substituents is 1. The van der Waals surface area contributed by atoms with E-state index in [4.69, 9.17) is 5.73 Å². The van der Waals surface area contributed by atoms with Crippen molar-refractivity contribution < 1.29 is 5.11 Å². The third-order valence-electron chi connectivity index (χ3n) is 2.36. The van der Waals surface area contributed by atoms with Gasteiger partial charge in [0.25, 0.3) is 0 Å². The number of benzene rings is 1. The minimum Gasteiger partial charge on any atom is -0.508 e. The van der Waals surface area contributed by atoms with E-state index in [2.05, 4.69) is 4.90 Å². The maximum Gasteiger partial charge on any atom is 0.115 e. The first-order valence-corrected chi connectivity index (χ1v) is 5.26. The molecule has 0 aliphatic heterocycles. The molecule has 1 atom stereocenters. The van der Waals surface area contributed by atoms with Crippen LogP contribution in [-0.2, 0) is 6.42 Å². The van der Waals surface area contributed by atoms with E-state index >= 15 is 0 Å². The van der Waals surface area contributed by atoms with Crippen molar-refractivity contribution in [1.29, 1.82) is 0 Å². The number of aromatic hydroxyl groups is 1. The number of phenols is 1. The zero-order valence-corrected chi connectivity index (χ0v) is 9.48. The summed E-state index contributed by atoms with van der Waals surface area (Å²) < 4.78 is 0. The highest BCUT2D eigenvalue weighted by atomic mass is 16.3. The van der Waals surface area contributed by atoms with Gasteiger partial charge in [0.2, 0.25) is 0 Å². The van der Waals surface area contributed by atoms with Gasteiger partial charge in [0.15, 0.2) is 0 Å². The van der Waals surface area contributed by atoms with Crippen molar-refractivity contribution in [2.45, 2.75) is 18.9 Å². The molecule has 3 heteroatoms. The van der Waals surface area contributed by atoms with E-state index in [0.29, 0.717) is 5.75 Å². The molecule has 0 heterocycles. The fourth-order valence-corrected chi connectivity index (χ4v) is 1.51. The fraction of sp³-hybridized carbons (Fsp3) is 0.500. The van der Waals surface area contributed by atoms with Gasteiger partial charge in [0, 0.05) is 6.04 Å². The Balaban J connectivity index is 2.40. The van der Waals surface area contributed by atoms with Crippen LogP contribution in [0.25, 0.3) is 0 Å². The zero-order chi connectivity index (χ0) is 11.3. The van der Waals surface area contributed by atoms with Crippen molar-refractivity contribution >= 4 is 0 Å². The molecular weight excluding hydrogens is 188 g/mol. The van der Waals surface area contributed by atoms with Crippen LogP contribution in [0.2, 0.25) is 0 Å². The molecule has 0 saturated heterocycles. The molecule has 1 unspecified atom stereocenters. The van der Waals surface area contributed by atoms with E-state index in [1.54, 1.807) is 12.1 Å². The van der Waals surface area contributed by atoms with Crippen LogP contribution in [0.1, 0.15) is 12.0 Å². The van der Waals surface area contributed by atoms with Gasteiger partial charge in [-0.1, -0.05) is 12.1 Å². The number of nitrogens with zero attached hydrogens (tertiary/aromatic N) is 1. The summed E-state index contributed by atoms with van der Waals surface area (Å²) in [7, 11) is 4.09. The van der Waals surface area contributed by atoms with Crippen LogP contribution in [0.15, 0.2) is 24.3 Å². The standard InChI is InChI=1S/C12H20N2O/c1-14(2)7-6-11(13)8-10-4-3-5-12(15)9-10/h3-5,9,11,15H,6-8,13H2,1-2H3. The van der Waals surface area contributed by atoms with Crippen LogP contribution in [-0.4, -0.2) is 36.7 Å². The Hall–Kier alpha value is -1.06. The molecule has 3 N–H and O–H groups in total. The smallest absolute Gasteiger partial charge is 0.115 e. The Morgan fingerprint density at radius 2 is 2.13 bits per heavy atom. The molecule has 15 heavy (non-hydrogen) atoms. The quantitative estimate of drug-likeness (QED) is 0.764. The van der Waals surface area contributed by atoms with Gasteiger partial charge in [-0.25, -0.2) is 0 Å². The first kappa shape index (κ1) is 12.0. The van der Waals surface area contributed by atoms with E-state index in [9.17, 15) is 5.11 Å². The topological polar surface area (TPSA) is 49.5 Å². The van der Waals surface area contributed by atoms with E-state index in [0.717, 1.165) is 24.9 Å². The van der Waals surface area contributed by atoms with Crippen molar-refractivity contribution in [3.8, 4) is 5.75 Å². The van der Waals surface area contributed by atoms with Gasteiger partial charge in [-0.2, -0.15) is 0 Å². The number of hydrogen-bond acceptors (Lipinski definition) is 3. The van der Waals surface area contributed by atoms with Gasteiger partial charge >= 0.3 is 0 Å². The molecule has 0 bridgehead atoms. The average molecular weight is 208 g/mol. The Kier molecular flexibility index (Phi) is 4.59. The molecule has 1 rings (SSSR count).